The van der Waals surface area contributed by atoms with Gasteiger partial charge in [0.2, 0.25) is 0 Å². The average molecular weight is 330 g/mol. The van der Waals surface area contributed by atoms with Crippen LogP contribution in [0.2, 0.25) is 0 Å². The zero-order valence-electron chi connectivity index (χ0n) is 11.6. The van der Waals surface area contributed by atoms with Crippen LogP contribution < -0.4 is 5.73 Å². The zero-order valence-corrected chi connectivity index (χ0v) is 13.2. The predicted molar refractivity (Wildman–Crippen MR) is 79.9 cm³/mol. The first-order valence-electron chi connectivity index (χ1n) is 7.19. The number of nitrogens with two attached hydrogens (primary N) is 1. The minimum absolute atomic E-state index is 0.0758. The predicted octanol–water partition coefficient (Wildman–Crippen LogP) is 3.26. The van der Waals surface area contributed by atoms with E-state index in [0.29, 0.717) is 12.5 Å². The van der Waals surface area contributed by atoms with E-state index in [0.717, 1.165) is 16.7 Å². The molecule has 1 heterocycles. The van der Waals surface area contributed by atoms with Gasteiger partial charge in [-0.25, -0.2) is 0 Å². The molecule has 0 amide bonds. The Kier molecular flexibility index (Phi) is 5.85. The lowest BCUT2D eigenvalue weighted by molar-refractivity contribution is 0.181. The summed E-state index contributed by atoms with van der Waals surface area (Å²) in [6.45, 7) is 1.43. The fourth-order valence-corrected chi connectivity index (χ4v) is 3.51. The minimum Gasteiger partial charge on any atom is -0.383 e. The molecule has 1 unspecified atom stereocenters. The van der Waals surface area contributed by atoms with Crippen LogP contribution in [-0.4, -0.2) is 23.5 Å². The lowest BCUT2D eigenvalue weighted by Crippen LogP contribution is -2.25. The van der Waals surface area contributed by atoms with Crippen LogP contribution in [0.4, 0.5) is 0 Å². The molecule has 0 aliphatic heterocycles. The summed E-state index contributed by atoms with van der Waals surface area (Å²) in [6, 6.07) is 0.0758. The number of nitrogens with zero attached hydrogens (tertiary/aromatic N) is 2. The van der Waals surface area contributed by atoms with Gasteiger partial charge in [0.25, 0.3) is 0 Å². The first kappa shape index (κ1) is 15.0. The van der Waals surface area contributed by atoms with Gasteiger partial charge in [-0.05, 0) is 34.7 Å². The summed E-state index contributed by atoms with van der Waals surface area (Å²) in [5, 5.41) is 4.40. The summed E-state index contributed by atoms with van der Waals surface area (Å²) in [5.74, 6) is 0.580. The molecule has 0 spiro atoms. The first-order valence-corrected chi connectivity index (χ1v) is 7.99. The number of halogens is 1. The molecule has 5 heteroatoms. The van der Waals surface area contributed by atoms with Crippen molar-refractivity contribution in [1.82, 2.24) is 9.78 Å². The molecule has 1 aromatic heterocycles. The highest BCUT2D eigenvalue weighted by molar-refractivity contribution is 9.10. The van der Waals surface area contributed by atoms with Crippen molar-refractivity contribution in [2.45, 2.75) is 51.1 Å². The highest BCUT2D eigenvalue weighted by Gasteiger charge is 2.25. The Morgan fingerprint density at radius 2 is 2.11 bits per heavy atom. The first-order chi connectivity index (χ1) is 9.24. The quantitative estimate of drug-likeness (QED) is 0.843. The number of hydrogen-bond acceptors (Lipinski definition) is 3. The molecule has 1 saturated carbocycles. The SMILES string of the molecule is COCCn1ncc(Br)c1C(N)C1CCCCCC1. The molecule has 2 rings (SSSR count). The maximum Gasteiger partial charge on any atom is 0.0697 e. The van der Waals surface area contributed by atoms with Crippen molar-refractivity contribution >= 4 is 15.9 Å². The Bertz CT molecular complexity index is 386. The third kappa shape index (κ3) is 3.80. The zero-order chi connectivity index (χ0) is 13.7. The van der Waals surface area contributed by atoms with E-state index < -0.39 is 0 Å². The Balaban J connectivity index is 2.12. The number of methoxy groups -OCH3 is 1. The minimum atomic E-state index is 0.0758. The number of aromatic nitrogens is 2. The largest absolute Gasteiger partial charge is 0.383 e. The second-order valence-electron chi connectivity index (χ2n) is 5.37. The average Bonchev–Trinajstić information content (AvgIpc) is 2.64. The summed E-state index contributed by atoms with van der Waals surface area (Å²) >= 11 is 3.59. The normalized spacial score (nSPS) is 19.3. The molecule has 0 aromatic carbocycles. The molecule has 1 fully saturated rings. The maximum atomic E-state index is 6.53. The molecule has 1 aliphatic rings. The van der Waals surface area contributed by atoms with Crippen LogP contribution in [-0.2, 0) is 11.3 Å². The van der Waals surface area contributed by atoms with E-state index in [-0.39, 0.29) is 6.04 Å². The van der Waals surface area contributed by atoms with Crippen LogP contribution in [0, 0.1) is 5.92 Å². The Morgan fingerprint density at radius 1 is 1.42 bits per heavy atom. The highest BCUT2D eigenvalue weighted by Crippen LogP contribution is 2.34. The third-order valence-electron chi connectivity index (χ3n) is 4.06. The van der Waals surface area contributed by atoms with Crippen molar-refractivity contribution in [2.75, 3.05) is 13.7 Å². The van der Waals surface area contributed by atoms with Crippen molar-refractivity contribution in [3.63, 3.8) is 0 Å². The van der Waals surface area contributed by atoms with Crippen molar-refractivity contribution in [1.29, 1.82) is 0 Å². The van der Waals surface area contributed by atoms with Crippen molar-refractivity contribution in [2.24, 2.45) is 11.7 Å². The van der Waals surface area contributed by atoms with Gasteiger partial charge in [-0.2, -0.15) is 5.10 Å². The van der Waals surface area contributed by atoms with E-state index >= 15 is 0 Å². The topological polar surface area (TPSA) is 53.1 Å². The van der Waals surface area contributed by atoms with Crippen LogP contribution in [0.5, 0.6) is 0 Å². The van der Waals surface area contributed by atoms with Crippen LogP contribution in [0.15, 0.2) is 10.7 Å². The van der Waals surface area contributed by atoms with Crippen molar-refractivity contribution in [3.8, 4) is 0 Å². The van der Waals surface area contributed by atoms with Gasteiger partial charge in [-0.3, -0.25) is 4.68 Å². The van der Waals surface area contributed by atoms with Crippen LogP contribution >= 0.6 is 15.9 Å². The van der Waals surface area contributed by atoms with Crippen LogP contribution in [0.3, 0.4) is 0 Å². The van der Waals surface area contributed by atoms with Gasteiger partial charge in [-0.1, -0.05) is 25.7 Å². The number of hydrogen-bond donors (Lipinski definition) is 1. The molecule has 2 N–H and O–H groups in total. The molecule has 0 saturated heterocycles. The van der Waals surface area contributed by atoms with E-state index in [2.05, 4.69) is 21.0 Å². The van der Waals surface area contributed by atoms with Crippen LogP contribution in [0.1, 0.15) is 50.3 Å². The lowest BCUT2D eigenvalue weighted by atomic mass is 9.90. The van der Waals surface area contributed by atoms with E-state index in [9.17, 15) is 0 Å². The van der Waals surface area contributed by atoms with E-state index in [1.807, 2.05) is 10.9 Å². The molecule has 1 aliphatic carbocycles. The molecule has 4 nitrogen and oxygen atoms in total. The fraction of sp³-hybridized carbons (Fsp3) is 0.786. The monoisotopic (exact) mass is 329 g/mol. The lowest BCUT2D eigenvalue weighted by Gasteiger charge is -2.23. The van der Waals surface area contributed by atoms with Gasteiger partial charge in [-0.15, -0.1) is 0 Å². The summed E-state index contributed by atoms with van der Waals surface area (Å²) in [5.41, 5.74) is 7.65. The summed E-state index contributed by atoms with van der Waals surface area (Å²) in [6.07, 6.45) is 9.65. The summed E-state index contributed by atoms with van der Waals surface area (Å²) in [4.78, 5) is 0. The van der Waals surface area contributed by atoms with E-state index in [1.165, 1.54) is 38.5 Å². The van der Waals surface area contributed by atoms with Gasteiger partial charge in [0.05, 0.1) is 35.6 Å². The standard InChI is InChI=1S/C14H24BrN3O/c1-19-9-8-18-14(12(15)10-17-18)13(16)11-6-4-2-3-5-7-11/h10-11,13H,2-9,16H2,1H3. The fourth-order valence-electron chi connectivity index (χ4n) is 2.95. The molecule has 1 atom stereocenters. The summed E-state index contributed by atoms with van der Waals surface area (Å²) < 4.78 is 8.16. The Hall–Kier alpha value is -0.390. The Labute approximate surface area is 123 Å². The Morgan fingerprint density at radius 3 is 2.74 bits per heavy atom. The van der Waals surface area contributed by atoms with E-state index in [4.69, 9.17) is 10.5 Å². The smallest absolute Gasteiger partial charge is 0.0697 e. The second-order valence-corrected chi connectivity index (χ2v) is 6.23. The number of rotatable bonds is 5. The van der Waals surface area contributed by atoms with E-state index in [1.54, 1.807) is 7.11 Å². The van der Waals surface area contributed by atoms with Gasteiger partial charge >= 0.3 is 0 Å². The molecule has 1 aromatic rings. The molecule has 19 heavy (non-hydrogen) atoms. The molecule has 0 bridgehead atoms. The molecule has 0 radical (unpaired) electrons. The number of ether oxygens (including phenoxy) is 1. The van der Waals surface area contributed by atoms with Crippen molar-refractivity contribution in [3.05, 3.63) is 16.4 Å². The van der Waals surface area contributed by atoms with Gasteiger partial charge in [0.15, 0.2) is 0 Å². The van der Waals surface area contributed by atoms with Gasteiger partial charge < -0.3 is 10.5 Å². The molecular formula is C14H24BrN3O. The van der Waals surface area contributed by atoms with Gasteiger partial charge in [0.1, 0.15) is 0 Å². The highest BCUT2D eigenvalue weighted by atomic mass is 79.9. The molecule has 108 valence electrons. The third-order valence-corrected chi connectivity index (χ3v) is 4.67. The second kappa shape index (κ2) is 7.41. The maximum absolute atomic E-state index is 6.53. The van der Waals surface area contributed by atoms with Crippen LogP contribution in [0.25, 0.3) is 0 Å². The van der Waals surface area contributed by atoms with Gasteiger partial charge in [0, 0.05) is 7.11 Å². The van der Waals surface area contributed by atoms with Crippen molar-refractivity contribution < 1.29 is 4.74 Å². The summed E-state index contributed by atoms with van der Waals surface area (Å²) in [7, 11) is 1.71. The molecular weight excluding hydrogens is 306 g/mol.